The van der Waals surface area contributed by atoms with E-state index in [-0.39, 0.29) is 0 Å². The highest BCUT2D eigenvalue weighted by Gasteiger charge is 2.02. The Balaban J connectivity index is 1.62. The molecule has 1 aromatic heterocycles. The normalized spacial score (nSPS) is 10.9. The van der Waals surface area contributed by atoms with Crippen LogP contribution in [0.15, 0.2) is 54.7 Å². The van der Waals surface area contributed by atoms with E-state index in [2.05, 4.69) is 34.7 Å². The van der Waals surface area contributed by atoms with Gasteiger partial charge >= 0.3 is 0 Å². The van der Waals surface area contributed by atoms with Gasteiger partial charge in [-0.05, 0) is 30.8 Å². The number of hydrogen-bond donors (Lipinski definition) is 1. The third-order valence-electron chi connectivity index (χ3n) is 3.40. The smallest absolute Gasteiger partial charge is 0.119 e. The molecule has 0 unspecified atom stereocenters. The van der Waals surface area contributed by atoms with Crippen LogP contribution in [0.5, 0.6) is 5.75 Å². The molecule has 0 saturated carbocycles. The van der Waals surface area contributed by atoms with Gasteiger partial charge in [-0.2, -0.15) is 5.10 Å². The third kappa shape index (κ3) is 3.23. The molecular formula is C17H19N3O. The van der Waals surface area contributed by atoms with Gasteiger partial charge in [-0.25, -0.2) is 0 Å². The molecule has 2 aromatic carbocycles. The molecule has 0 aliphatic carbocycles. The number of nitrogens with zero attached hydrogens (tertiary/aromatic N) is 2. The molecule has 4 nitrogen and oxygen atoms in total. The maximum atomic E-state index is 5.83. The summed E-state index contributed by atoms with van der Waals surface area (Å²) in [5, 5.41) is 8.70. The minimum atomic E-state index is 0.606. The van der Waals surface area contributed by atoms with Crippen LogP contribution in [0.1, 0.15) is 5.56 Å². The molecule has 1 heterocycles. The Morgan fingerprint density at radius 3 is 2.95 bits per heavy atom. The molecule has 0 amide bonds. The van der Waals surface area contributed by atoms with Gasteiger partial charge < -0.3 is 10.1 Å². The van der Waals surface area contributed by atoms with E-state index in [0.29, 0.717) is 6.61 Å². The molecule has 0 spiro atoms. The van der Waals surface area contributed by atoms with Crippen molar-refractivity contribution in [3.05, 3.63) is 60.3 Å². The fourth-order valence-electron chi connectivity index (χ4n) is 2.40. The van der Waals surface area contributed by atoms with Gasteiger partial charge in [-0.15, -0.1) is 0 Å². The van der Waals surface area contributed by atoms with E-state index in [0.717, 1.165) is 29.7 Å². The van der Waals surface area contributed by atoms with Crippen molar-refractivity contribution in [3.63, 3.8) is 0 Å². The number of nitrogens with one attached hydrogen (secondary N) is 1. The largest absolute Gasteiger partial charge is 0.492 e. The number of rotatable bonds is 6. The first-order valence-corrected chi connectivity index (χ1v) is 7.14. The number of benzene rings is 2. The molecule has 0 aliphatic heterocycles. The number of para-hydroxylation sites is 1. The maximum absolute atomic E-state index is 5.83. The molecule has 0 radical (unpaired) electrons. The summed E-state index contributed by atoms with van der Waals surface area (Å²) in [5.74, 6) is 0.902. The average Bonchev–Trinajstić information content (AvgIpc) is 2.92. The lowest BCUT2D eigenvalue weighted by molar-refractivity contribution is 0.293. The Labute approximate surface area is 124 Å². The lowest BCUT2D eigenvalue weighted by Crippen LogP contribution is -2.10. The van der Waals surface area contributed by atoms with Crippen molar-refractivity contribution >= 4 is 10.9 Å². The van der Waals surface area contributed by atoms with E-state index < -0.39 is 0 Å². The lowest BCUT2D eigenvalue weighted by atomic mass is 10.2. The van der Waals surface area contributed by atoms with Crippen molar-refractivity contribution < 1.29 is 4.74 Å². The van der Waals surface area contributed by atoms with Gasteiger partial charge in [0.25, 0.3) is 0 Å². The molecule has 0 aliphatic rings. The summed E-state index contributed by atoms with van der Waals surface area (Å²) >= 11 is 0. The van der Waals surface area contributed by atoms with Gasteiger partial charge in [0.05, 0.1) is 18.3 Å². The fourth-order valence-corrected chi connectivity index (χ4v) is 2.40. The van der Waals surface area contributed by atoms with E-state index in [1.807, 2.05) is 42.2 Å². The number of aromatic nitrogens is 2. The van der Waals surface area contributed by atoms with Gasteiger partial charge in [-0.1, -0.05) is 30.3 Å². The summed E-state index contributed by atoms with van der Waals surface area (Å²) in [6.07, 6.45) is 1.89. The monoisotopic (exact) mass is 281 g/mol. The van der Waals surface area contributed by atoms with E-state index in [9.17, 15) is 0 Å². The van der Waals surface area contributed by atoms with Crippen LogP contribution >= 0.6 is 0 Å². The van der Waals surface area contributed by atoms with Gasteiger partial charge in [-0.3, -0.25) is 4.68 Å². The Hall–Kier alpha value is -2.33. The standard InChI is InChI=1S/C17H19N3O/c1-18-12-14-5-4-7-16(11-14)21-10-9-20-17-8-3-2-6-15(17)13-19-20/h2-8,11,13,18H,9-10,12H2,1H3. The molecule has 0 bridgehead atoms. The molecule has 3 aromatic rings. The van der Waals surface area contributed by atoms with Crippen LogP contribution in [0.3, 0.4) is 0 Å². The van der Waals surface area contributed by atoms with E-state index in [1.165, 1.54) is 5.56 Å². The minimum Gasteiger partial charge on any atom is -0.492 e. The summed E-state index contributed by atoms with van der Waals surface area (Å²) < 4.78 is 7.81. The van der Waals surface area contributed by atoms with Gasteiger partial charge in [0.2, 0.25) is 0 Å². The average molecular weight is 281 g/mol. The van der Waals surface area contributed by atoms with Crippen LogP contribution in [0, 0.1) is 0 Å². The van der Waals surface area contributed by atoms with Crippen molar-refractivity contribution in [1.29, 1.82) is 0 Å². The highest BCUT2D eigenvalue weighted by Crippen LogP contribution is 2.15. The van der Waals surface area contributed by atoms with E-state index in [4.69, 9.17) is 4.74 Å². The summed E-state index contributed by atoms with van der Waals surface area (Å²) in [7, 11) is 1.94. The SMILES string of the molecule is CNCc1cccc(OCCn2ncc3ccccc32)c1. The highest BCUT2D eigenvalue weighted by atomic mass is 16.5. The Kier molecular flexibility index (Phi) is 4.17. The fraction of sp³-hybridized carbons (Fsp3) is 0.235. The third-order valence-corrected chi connectivity index (χ3v) is 3.40. The topological polar surface area (TPSA) is 39.1 Å². The molecular weight excluding hydrogens is 262 g/mol. The van der Waals surface area contributed by atoms with Crippen LogP contribution in [0.4, 0.5) is 0 Å². The Morgan fingerprint density at radius 2 is 2.05 bits per heavy atom. The first-order chi connectivity index (χ1) is 10.4. The van der Waals surface area contributed by atoms with Gasteiger partial charge in [0, 0.05) is 11.9 Å². The molecule has 108 valence electrons. The quantitative estimate of drug-likeness (QED) is 0.755. The first-order valence-electron chi connectivity index (χ1n) is 7.14. The van der Waals surface area contributed by atoms with Crippen molar-refractivity contribution in [2.45, 2.75) is 13.1 Å². The summed E-state index contributed by atoms with van der Waals surface area (Å²) in [6, 6.07) is 16.4. The van der Waals surface area contributed by atoms with E-state index >= 15 is 0 Å². The van der Waals surface area contributed by atoms with E-state index in [1.54, 1.807) is 0 Å². The number of ether oxygens (including phenoxy) is 1. The summed E-state index contributed by atoms with van der Waals surface area (Å²) in [6.45, 7) is 2.19. The zero-order valence-corrected chi connectivity index (χ0v) is 12.1. The van der Waals surface area contributed by atoms with Crippen LogP contribution in [0.2, 0.25) is 0 Å². The van der Waals surface area contributed by atoms with Crippen molar-refractivity contribution in [1.82, 2.24) is 15.1 Å². The van der Waals surface area contributed by atoms with Crippen LogP contribution in [-0.2, 0) is 13.1 Å². The molecule has 4 heteroatoms. The van der Waals surface area contributed by atoms with Gasteiger partial charge in [0.15, 0.2) is 0 Å². The zero-order chi connectivity index (χ0) is 14.5. The van der Waals surface area contributed by atoms with Crippen molar-refractivity contribution in [2.75, 3.05) is 13.7 Å². The molecule has 3 rings (SSSR count). The van der Waals surface area contributed by atoms with Gasteiger partial charge in [0.1, 0.15) is 12.4 Å². The molecule has 0 atom stereocenters. The Morgan fingerprint density at radius 1 is 1.14 bits per heavy atom. The second-order valence-electron chi connectivity index (χ2n) is 4.95. The predicted octanol–water partition coefficient (Wildman–Crippen LogP) is 2.83. The minimum absolute atomic E-state index is 0.606. The Bertz CT molecular complexity index is 721. The summed E-state index contributed by atoms with van der Waals surface area (Å²) in [4.78, 5) is 0. The molecule has 21 heavy (non-hydrogen) atoms. The number of hydrogen-bond acceptors (Lipinski definition) is 3. The van der Waals surface area contributed by atoms with Crippen molar-refractivity contribution in [2.24, 2.45) is 0 Å². The molecule has 1 N–H and O–H groups in total. The second kappa shape index (κ2) is 6.41. The predicted molar refractivity (Wildman–Crippen MR) is 84.4 cm³/mol. The zero-order valence-electron chi connectivity index (χ0n) is 12.1. The van der Waals surface area contributed by atoms with Crippen molar-refractivity contribution in [3.8, 4) is 5.75 Å². The molecule has 0 saturated heterocycles. The van der Waals surface area contributed by atoms with Crippen LogP contribution in [-0.4, -0.2) is 23.4 Å². The summed E-state index contributed by atoms with van der Waals surface area (Å²) in [5.41, 5.74) is 2.37. The van der Waals surface area contributed by atoms with Crippen LogP contribution < -0.4 is 10.1 Å². The number of fused-ring (bicyclic) bond motifs is 1. The maximum Gasteiger partial charge on any atom is 0.119 e. The first kappa shape index (κ1) is 13.6. The highest BCUT2D eigenvalue weighted by molar-refractivity contribution is 5.78. The lowest BCUT2D eigenvalue weighted by Gasteiger charge is -2.09. The van der Waals surface area contributed by atoms with Crippen LogP contribution in [0.25, 0.3) is 10.9 Å². The molecule has 0 fully saturated rings. The second-order valence-corrected chi connectivity index (χ2v) is 4.95.